The minimum Gasteiger partial charge on any atom is -0.462 e. The lowest BCUT2D eigenvalue weighted by Gasteiger charge is -2.15. The van der Waals surface area contributed by atoms with Gasteiger partial charge in [-0.05, 0) is 19.9 Å². The number of carbonyl (C=O) groups excluding carboxylic acids is 4. The fourth-order valence-electron chi connectivity index (χ4n) is 2.69. The summed E-state index contributed by atoms with van der Waals surface area (Å²) in [7, 11) is 3.40. The molecule has 0 aromatic rings. The van der Waals surface area contributed by atoms with Crippen molar-refractivity contribution in [2.24, 2.45) is 5.92 Å². The summed E-state index contributed by atoms with van der Waals surface area (Å²) < 4.78 is 14.9. The first kappa shape index (κ1) is 31.6. The Labute approximate surface area is 203 Å². The van der Waals surface area contributed by atoms with Crippen LogP contribution in [0.25, 0.3) is 0 Å². The Kier molecular flexibility index (Phi) is 19.7. The van der Waals surface area contributed by atoms with E-state index in [2.05, 4.69) is 16.0 Å². The lowest BCUT2D eigenvalue weighted by atomic mass is 10.2. The molecular formula is C23H44N4O7. The van der Waals surface area contributed by atoms with Crippen LogP contribution in [0.5, 0.6) is 0 Å². The third-order valence-corrected chi connectivity index (χ3v) is 4.82. The van der Waals surface area contributed by atoms with E-state index in [1.165, 1.54) is 0 Å². The molecule has 0 aromatic carbocycles. The molecule has 0 atom stereocenters. The molecule has 0 saturated carbocycles. The number of hydrogen-bond donors (Lipinski definition) is 3. The van der Waals surface area contributed by atoms with E-state index in [0.717, 1.165) is 25.7 Å². The van der Waals surface area contributed by atoms with Gasteiger partial charge in [-0.1, -0.05) is 26.7 Å². The molecule has 0 heterocycles. The lowest BCUT2D eigenvalue weighted by molar-refractivity contribution is -0.145. The second kappa shape index (κ2) is 21.2. The normalized spacial score (nSPS) is 10.8. The number of amides is 3. The highest BCUT2D eigenvalue weighted by Gasteiger charge is 2.09. The predicted molar refractivity (Wildman–Crippen MR) is 128 cm³/mol. The van der Waals surface area contributed by atoms with Crippen LogP contribution in [0, 0.1) is 5.92 Å². The average Bonchev–Trinajstić information content (AvgIpc) is 2.80. The van der Waals surface area contributed by atoms with E-state index in [1.807, 2.05) is 25.8 Å². The van der Waals surface area contributed by atoms with Crippen LogP contribution in [0.3, 0.4) is 0 Å². The van der Waals surface area contributed by atoms with Gasteiger partial charge in [0.05, 0.1) is 13.0 Å². The monoisotopic (exact) mass is 488 g/mol. The molecule has 0 aliphatic rings. The minimum atomic E-state index is -0.538. The van der Waals surface area contributed by atoms with Crippen molar-refractivity contribution >= 4 is 23.9 Å². The smallest absolute Gasteiger partial charge is 0.407 e. The van der Waals surface area contributed by atoms with Crippen molar-refractivity contribution in [3.05, 3.63) is 0 Å². The van der Waals surface area contributed by atoms with E-state index in [-0.39, 0.29) is 43.3 Å². The Bertz CT molecular complexity index is 588. The fraction of sp³-hybridized carbons (Fsp3) is 0.826. The average molecular weight is 489 g/mol. The van der Waals surface area contributed by atoms with Crippen molar-refractivity contribution in [1.82, 2.24) is 20.9 Å². The minimum absolute atomic E-state index is 0.0000293. The molecule has 11 heteroatoms. The molecule has 0 bridgehead atoms. The zero-order valence-corrected chi connectivity index (χ0v) is 21.3. The van der Waals surface area contributed by atoms with E-state index in [9.17, 15) is 19.2 Å². The van der Waals surface area contributed by atoms with Crippen molar-refractivity contribution < 1.29 is 33.4 Å². The second-order valence-electron chi connectivity index (χ2n) is 8.29. The number of nitrogens with one attached hydrogen (secondary N) is 3. The number of ether oxygens (including phenoxy) is 3. The number of nitrogens with zero attached hydrogens (tertiary/aromatic N) is 1. The van der Waals surface area contributed by atoms with Gasteiger partial charge in [-0.15, -0.1) is 0 Å². The molecule has 198 valence electrons. The molecule has 0 saturated heterocycles. The van der Waals surface area contributed by atoms with Crippen molar-refractivity contribution in [3.8, 4) is 0 Å². The first-order chi connectivity index (χ1) is 16.3. The van der Waals surface area contributed by atoms with Gasteiger partial charge in [0.25, 0.3) is 0 Å². The highest BCUT2D eigenvalue weighted by atomic mass is 16.6. The molecule has 0 aliphatic carbocycles. The molecule has 0 aliphatic heterocycles. The topological polar surface area (TPSA) is 135 Å². The van der Waals surface area contributed by atoms with Crippen LogP contribution in [0.4, 0.5) is 4.79 Å². The van der Waals surface area contributed by atoms with E-state index in [4.69, 9.17) is 14.2 Å². The summed E-state index contributed by atoms with van der Waals surface area (Å²) >= 11 is 0. The third kappa shape index (κ3) is 20.2. The number of carbonyl (C=O) groups is 4. The van der Waals surface area contributed by atoms with Crippen molar-refractivity contribution in [2.45, 2.75) is 52.4 Å². The van der Waals surface area contributed by atoms with Gasteiger partial charge in [0.2, 0.25) is 11.8 Å². The Morgan fingerprint density at radius 2 is 1.38 bits per heavy atom. The molecular weight excluding hydrogens is 444 g/mol. The van der Waals surface area contributed by atoms with Crippen molar-refractivity contribution in [3.63, 3.8) is 0 Å². The summed E-state index contributed by atoms with van der Waals surface area (Å²) in [4.78, 5) is 48.3. The van der Waals surface area contributed by atoms with Crippen molar-refractivity contribution in [1.29, 1.82) is 0 Å². The summed E-state index contributed by atoms with van der Waals surface area (Å²) in [5, 5.41) is 8.27. The van der Waals surface area contributed by atoms with E-state index in [0.29, 0.717) is 45.8 Å². The Balaban J connectivity index is 3.56. The van der Waals surface area contributed by atoms with Gasteiger partial charge in [0.1, 0.15) is 13.2 Å². The fourth-order valence-corrected chi connectivity index (χ4v) is 2.69. The van der Waals surface area contributed by atoms with E-state index < -0.39 is 6.09 Å². The van der Waals surface area contributed by atoms with Crippen LogP contribution in [0.2, 0.25) is 0 Å². The molecule has 11 nitrogen and oxygen atoms in total. The molecule has 34 heavy (non-hydrogen) atoms. The molecule has 0 rings (SSSR count). The summed E-state index contributed by atoms with van der Waals surface area (Å²) in [5.74, 6) is -0.375. The maximum atomic E-state index is 11.8. The summed E-state index contributed by atoms with van der Waals surface area (Å²) in [6.45, 7) is 6.85. The number of hydrogen-bond acceptors (Lipinski definition) is 8. The number of unbranched alkanes of at least 4 members (excludes halogenated alkanes) is 3. The van der Waals surface area contributed by atoms with Crippen molar-refractivity contribution in [2.75, 3.05) is 66.7 Å². The molecule has 0 radical (unpaired) electrons. The van der Waals surface area contributed by atoms with Crippen LogP contribution in [-0.4, -0.2) is 95.5 Å². The summed E-state index contributed by atoms with van der Waals surface area (Å²) in [6, 6.07) is 0. The number of rotatable bonds is 20. The predicted octanol–water partition coefficient (Wildman–Crippen LogP) is 1.06. The maximum Gasteiger partial charge on any atom is 0.407 e. The van der Waals surface area contributed by atoms with Gasteiger partial charge < -0.3 is 35.1 Å². The van der Waals surface area contributed by atoms with Gasteiger partial charge >= 0.3 is 12.1 Å². The van der Waals surface area contributed by atoms with Crippen LogP contribution in [0.15, 0.2) is 0 Å². The molecule has 0 fully saturated rings. The van der Waals surface area contributed by atoms with E-state index >= 15 is 0 Å². The highest BCUT2D eigenvalue weighted by molar-refractivity contribution is 5.77. The Morgan fingerprint density at radius 3 is 2.03 bits per heavy atom. The number of alkyl carbamates (subject to hydrolysis) is 1. The van der Waals surface area contributed by atoms with Crippen LogP contribution < -0.4 is 16.0 Å². The third-order valence-electron chi connectivity index (χ3n) is 4.82. The Hall–Kier alpha value is -2.40. The van der Waals surface area contributed by atoms with Gasteiger partial charge in [-0.25, -0.2) is 4.79 Å². The van der Waals surface area contributed by atoms with Gasteiger partial charge in [-0.2, -0.15) is 0 Å². The summed E-state index contributed by atoms with van der Waals surface area (Å²) in [5.41, 5.74) is 0. The van der Waals surface area contributed by atoms with Gasteiger partial charge in [0.15, 0.2) is 0 Å². The molecule has 0 unspecified atom stereocenters. The standard InChI is InChI=1S/C23H44N4O7/c1-19(2)22(30)25-11-7-5-6-8-12-26-23(31)34-18-17-33-21(29)10-15-27(3)14-9-20(28)24-13-16-32-4/h19H,5-18H2,1-4H3,(H,24,28)(H,25,30)(H,26,31). The van der Waals surface area contributed by atoms with E-state index in [1.54, 1.807) is 7.11 Å². The summed E-state index contributed by atoms with van der Waals surface area (Å²) in [6.07, 6.45) is 3.65. The van der Waals surface area contributed by atoms with Gasteiger partial charge in [0, 0.05) is 52.2 Å². The van der Waals surface area contributed by atoms with Crippen LogP contribution in [-0.2, 0) is 28.6 Å². The number of methoxy groups -OCH3 is 1. The quantitative estimate of drug-likeness (QED) is 0.171. The Morgan fingerprint density at radius 1 is 0.765 bits per heavy atom. The zero-order valence-electron chi connectivity index (χ0n) is 21.3. The second-order valence-corrected chi connectivity index (χ2v) is 8.29. The molecule has 0 aromatic heterocycles. The van der Waals surface area contributed by atoms with Gasteiger partial charge in [-0.3, -0.25) is 14.4 Å². The first-order valence-electron chi connectivity index (χ1n) is 12.0. The van der Waals surface area contributed by atoms with Crippen LogP contribution >= 0.6 is 0 Å². The first-order valence-corrected chi connectivity index (χ1v) is 12.0. The maximum absolute atomic E-state index is 11.8. The molecule has 0 spiro atoms. The SMILES string of the molecule is COCCNC(=O)CCN(C)CCC(=O)OCCOC(=O)NCCCCCCNC(=O)C(C)C. The zero-order chi connectivity index (χ0) is 25.6. The molecule has 3 amide bonds. The van der Waals surface area contributed by atoms with Crippen LogP contribution in [0.1, 0.15) is 52.4 Å². The highest BCUT2D eigenvalue weighted by Crippen LogP contribution is 1.99. The lowest BCUT2D eigenvalue weighted by Crippen LogP contribution is -2.31. The molecule has 3 N–H and O–H groups in total. The number of esters is 1. The largest absolute Gasteiger partial charge is 0.462 e.